The highest BCUT2D eigenvalue weighted by Gasteiger charge is 2.04. The molecule has 0 spiro atoms. The molecule has 0 fully saturated rings. The maximum Gasteiger partial charge on any atom is 0.0856 e. The summed E-state index contributed by atoms with van der Waals surface area (Å²) in [5.74, 6) is 0.893. The Morgan fingerprint density at radius 2 is 1.77 bits per heavy atom. The SMILES string of the molecule is COCCCOCCCOCCSc1ccnc(CO)c1C. The molecule has 0 aromatic carbocycles. The molecule has 0 saturated carbocycles. The Morgan fingerprint density at radius 1 is 1.09 bits per heavy atom. The van der Waals surface area contributed by atoms with Gasteiger partial charge in [-0.2, -0.15) is 0 Å². The number of methoxy groups -OCH3 is 1. The van der Waals surface area contributed by atoms with Crippen LogP contribution < -0.4 is 0 Å². The molecule has 6 heteroatoms. The van der Waals surface area contributed by atoms with Gasteiger partial charge in [0.25, 0.3) is 0 Å². The van der Waals surface area contributed by atoms with Crippen LogP contribution in [0.4, 0.5) is 0 Å². The van der Waals surface area contributed by atoms with Crippen molar-refractivity contribution in [3.05, 3.63) is 23.5 Å². The molecule has 22 heavy (non-hydrogen) atoms. The number of thioether (sulfide) groups is 1. The Kier molecular flexibility index (Phi) is 11.3. The molecule has 1 rings (SSSR count). The number of aliphatic hydroxyl groups excluding tert-OH is 1. The number of ether oxygens (including phenoxy) is 3. The van der Waals surface area contributed by atoms with E-state index in [4.69, 9.17) is 14.2 Å². The van der Waals surface area contributed by atoms with E-state index in [-0.39, 0.29) is 6.61 Å². The molecule has 0 unspecified atom stereocenters. The van der Waals surface area contributed by atoms with Crippen LogP contribution in [0, 0.1) is 6.92 Å². The number of aliphatic hydroxyl groups is 1. The molecule has 126 valence electrons. The van der Waals surface area contributed by atoms with Crippen LogP contribution in [0.2, 0.25) is 0 Å². The number of hydrogen-bond acceptors (Lipinski definition) is 6. The first-order chi connectivity index (χ1) is 10.8. The van der Waals surface area contributed by atoms with Crippen LogP contribution in [0.5, 0.6) is 0 Å². The Bertz CT molecular complexity index is 404. The van der Waals surface area contributed by atoms with Gasteiger partial charge in [-0.25, -0.2) is 0 Å². The zero-order valence-corrected chi connectivity index (χ0v) is 14.4. The third kappa shape index (κ3) is 8.10. The number of hydrogen-bond donors (Lipinski definition) is 1. The summed E-state index contributed by atoms with van der Waals surface area (Å²) in [4.78, 5) is 5.30. The Morgan fingerprint density at radius 3 is 2.45 bits per heavy atom. The van der Waals surface area contributed by atoms with Crippen molar-refractivity contribution in [1.82, 2.24) is 4.98 Å². The molecule has 1 aromatic rings. The van der Waals surface area contributed by atoms with E-state index in [1.807, 2.05) is 13.0 Å². The fraction of sp³-hybridized carbons (Fsp3) is 0.688. The molecule has 0 radical (unpaired) electrons. The highest BCUT2D eigenvalue weighted by atomic mass is 32.2. The van der Waals surface area contributed by atoms with Crippen LogP contribution in [0.1, 0.15) is 24.1 Å². The van der Waals surface area contributed by atoms with Crippen molar-refractivity contribution in [2.45, 2.75) is 31.3 Å². The molecule has 0 aliphatic rings. The lowest BCUT2D eigenvalue weighted by atomic mass is 10.2. The Balaban J connectivity index is 2.00. The minimum Gasteiger partial charge on any atom is -0.390 e. The van der Waals surface area contributed by atoms with Crippen LogP contribution in [0.25, 0.3) is 0 Å². The van der Waals surface area contributed by atoms with E-state index in [0.717, 1.165) is 61.2 Å². The molecule has 1 heterocycles. The largest absolute Gasteiger partial charge is 0.390 e. The van der Waals surface area contributed by atoms with Crippen molar-refractivity contribution >= 4 is 11.8 Å². The smallest absolute Gasteiger partial charge is 0.0856 e. The maximum atomic E-state index is 9.19. The van der Waals surface area contributed by atoms with Crippen molar-refractivity contribution in [2.24, 2.45) is 0 Å². The minimum absolute atomic E-state index is 0.0128. The topological polar surface area (TPSA) is 60.8 Å². The lowest BCUT2D eigenvalue weighted by molar-refractivity contribution is 0.0758. The van der Waals surface area contributed by atoms with Crippen molar-refractivity contribution in [3.8, 4) is 0 Å². The summed E-state index contributed by atoms with van der Waals surface area (Å²) in [6.07, 6.45) is 3.60. The Hall–Kier alpha value is -0.660. The van der Waals surface area contributed by atoms with Gasteiger partial charge >= 0.3 is 0 Å². The third-order valence-corrected chi connectivity index (χ3v) is 4.23. The molecule has 0 aliphatic heterocycles. The Labute approximate surface area is 137 Å². The quantitative estimate of drug-likeness (QED) is 0.443. The van der Waals surface area contributed by atoms with Gasteiger partial charge in [0.1, 0.15) is 0 Å². The van der Waals surface area contributed by atoms with Gasteiger partial charge in [-0.3, -0.25) is 4.98 Å². The fourth-order valence-corrected chi connectivity index (χ4v) is 2.77. The molecule has 0 saturated heterocycles. The van der Waals surface area contributed by atoms with E-state index >= 15 is 0 Å². The van der Waals surface area contributed by atoms with Crippen LogP contribution in [0.15, 0.2) is 17.2 Å². The van der Waals surface area contributed by atoms with Crippen LogP contribution in [-0.4, -0.2) is 56.0 Å². The van der Waals surface area contributed by atoms with Crippen molar-refractivity contribution in [3.63, 3.8) is 0 Å². The standard InChI is InChI=1S/C16H27NO4S/c1-14-15(13-18)17-6-5-16(14)22-12-11-21-10-4-9-20-8-3-7-19-2/h5-6,18H,3-4,7-13H2,1-2H3. The number of pyridine rings is 1. The normalized spacial score (nSPS) is 11.0. The minimum atomic E-state index is -0.0128. The van der Waals surface area contributed by atoms with Gasteiger partial charge in [-0.1, -0.05) is 0 Å². The molecule has 1 aromatic heterocycles. The van der Waals surface area contributed by atoms with Gasteiger partial charge in [0.05, 0.1) is 18.9 Å². The average Bonchev–Trinajstić information content (AvgIpc) is 2.54. The molecule has 0 amide bonds. The van der Waals surface area contributed by atoms with Crippen LogP contribution >= 0.6 is 11.8 Å². The molecule has 0 aliphatic carbocycles. The van der Waals surface area contributed by atoms with E-state index in [9.17, 15) is 5.11 Å². The van der Waals surface area contributed by atoms with E-state index < -0.39 is 0 Å². The molecule has 0 atom stereocenters. The second-order valence-electron chi connectivity index (χ2n) is 4.81. The lowest BCUT2D eigenvalue weighted by Gasteiger charge is -2.09. The summed E-state index contributed by atoms with van der Waals surface area (Å²) in [7, 11) is 1.70. The van der Waals surface area contributed by atoms with Gasteiger partial charge in [0, 0.05) is 50.4 Å². The first-order valence-electron chi connectivity index (χ1n) is 7.62. The molecular formula is C16H27NO4S. The fourth-order valence-electron chi connectivity index (χ4n) is 1.86. The molecular weight excluding hydrogens is 302 g/mol. The predicted octanol–water partition coefficient (Wildman–Crippen LogP) is 2.43. The van der Waals surface area contributed by atoms with E-state index in [1.165, 1.54) is 0 Å². The first-order valence-corrected chi connectivity index (χ1v) is 8.60. The predicted molar refractivity (Wildman–Crippen MR) is 88.4 cm³/mol. The second-order valence-corrected chi connectivity index (χ2v) is 5.95. The second kappa shape index (κ2) is 12.8. The number of nitrogens with zero attached hydrogens (tertiary/aromatic N) is 1. The van der Waals surface area contributed by atoms with Gasteiger partial charge < -0.3 is 19.3 Å². The van der Waals surface area contributed by atoms with Crippen molar-refractivity contribution in [1.29, 1.82) is 0 Å². The summed E-state index contributed by atoms with van der Waals surface area (Å²) in [5, 5.41) is 9.19. The van der Waals surface area contributed by atoms with Gasteiger partial charge in [0.2, 0.25) is 0 Å². The van der Waals surface area contributed by atoms with Gasteiger partial charge in [-0.15, -0.1) is 11.8 Å². The van der Waals surface area contributed by atoms with E-state index in [2.05, 4.69) is 4.98 Å². The van der Waals surface area contributed by atoms with Crippen LogP contribution in [-0.2, 0) is 20.8 Å². The first kappa shape index (κ1) is 19.4. The average molecular weight is 329 g/mol. The number of aromatic nitrogens is 1. The highest BCUT2D eigenvalue weighted by molar-refractivity contribution is 7.99. The zero-order chi connectivity index (χ0) is 16.0. The van der Waals surface area contributed by atoms with Gasteiger partial charge in [0.15, 0.2) is 0 Å². The molecule has 0 bridgehead atoms. The zero-order valence-electron chi connectivity index (χ0n) is 13.5. The van der Waals surface area contributed by atoms with E-state index in [1.54, 1.807) is 25.1 Å². The number of rotatable bonds is 13. The monoisotopic (exact) mass is 329 g/mol. The summed E-state index contributed by atoms with van der Waals surface area (Å²) >= 11 is 1.73. The van der Waals surface area contributed by atoms with Gasteiger partial charge in [-0.05, 0) is 31.4 Å². The summed E-state index contributed by atoms with van der Waals surface area (Å²) in [6.45, 7) is 5.65. The molecule has 5 nitrogen and oxygen atoms in total. The summed E-state index contributed by atoms with van der Waals surface area (Å²) in [5.41, 5.74) is 1.80. The maximum absolute atomic E-state index is 9.19. The summed E-state index contributed by atoms with van der Waals surface area (Å²) < 4.78 is 16.0. The lowest BCUT2D eigenvalue weighted by Crippen LogP contribution is -2.05. The molecule has 1 N–H and O–H groups in total. The summed E-state index contributed by atoms with van der Waals surface area (Å²) in [6, 6.07) is 1.98. The highest BCUT2D eigenvalue weighted by Crippen LogP contribution is 2.23. The van der Waals surface area contributed by atoms with Crippen molar-refractivity contribution in [2.75, 3.05) is 45.9 Å². The van der Waals surface area contributed by atoms with Crippen molar-refractivity contribution < 1.29 is 19.3 Å². The van der Waals surface area contributed by atoms with Crippen LogP contribution in [0.3, 0.4) is 0 Å². The van der Waals surface area contributed by atoms with E-state index in [0.29, 0.717) is 6.61 Å². The third-order valence-electron chi connectivity index (χ3n) is 3.11.